The third-order valence-corrected chi connectivity index (χ3v) is 3.67. The summed E-state index contributed by atoms with van der Waals surface area (Å²) in [7, 11) is 3.53. The molecule has 0 aliphatic rings. The van der Waals surface area contributed by atoms with E-state index in [1.54, 1.807) is 7.11 Å². The molecule has 0 aliphatic heterocycles. The minimum atomic E-state index is 0.0801. The predicted octanol–water partition coefficient (Wildman–Crippen LogP) is 2.92. The number of nitrogens with zero attached hydrogens (tertiary/aromatic N) is 1. The van der Waals surface area contributed by atoms with E-state index in [0.29, 0.717) is 13.2 Å². The Balaban J connectivity index is 2.99. The van der Waals surface area contributed by atoms with E-state index >= 15 is 0 Å². The van der Waals surface area contributed by atoms with Crippen LogP contribution in [-0.4, -0.2) is 44.2 Å². The van der Waals surface area contributed by atoms with Crippen LogP contribution in [0.25, 0.3) is 0 Å². The van der Waals surface area contributed by atoms with Crippen molar-refractivity contribution in [3.8, 4) is 0 Å². The first kappa shape index (κ1) is 16.5. The number of anilines is 1. The van der Waals surface area contributed by atoms with Gasteiger partial charge in [-0.3, -0.25) is 4.79 Å². The summed E-state index contributed by atoms with van der Waals surface area (Å²) in [5.74, 6) is 0.0801. The number of methoxy groups -OCH3 is 1. The van der Waals surface area contributed by atoms with Crippen LogP contribution in [-0.2, 0) is 4.74 Å². The normalized spacial score (nSPS) is 12.1. The van der Waals surface area contributed by atoms with Gasteiger partial charge in [-0.1, -0.05) is 6.92 Å². The Morgan fingerprint density at radius 3 is 2.65 bits per heavy atom. The predicted molar refractivity (Wildman–Crippen MR) is 83.4 cm³/mol. The third-order valence-electron chi connectivity index (χ3n) is 3.67. The zero-order chi connectivity index (χ0) is 15.1. The third kappa shape index (κ3) is 3.97. The summed E-state index contributed by atoms with van der Waals surface area (Å²) < 4.78 is 5.12. The number of carbonyl (C=O) groups is 1. The Bertz CT molecular complexity index is 446. The van der Waals surface area contributed by atoms with Crippen LogP contribution in [0.4, 0.5) is 5.69 Å². The van der Waals surface area contributed by atoms with Crippen molar-refractivity contribution in [3.63, 3.8) is 0 Å². The molecule has 0 aromatic heterocycles. The molecule has 0 saturated carbocycles. The lowest BCUT2D eigenvalue weighted by Gasteiger charge is -2.29. The molecule has 0 aliphatic carbocycles. The van der Waals surface area contributed by atoms with Crippen molar-refractivity contribution in [2.45, 2.75) is 33.2 Å². The summed E-state index contributed by atoms with van der Waals surface area (Å²) in [6.07, 6.45) is 0.934. The largest absolute Gasteiger partial charge is 0.388 e. The quantitative estimate of drug-likeness (QED) is 0.834. The molecule has 1 amide bonds. The van der Waals surface area contributed by atoms with Gasteiger partial charge in [0.1, 0.15) is 0 Å². The lowest BCUT2D eigenvalue weighted by Crippen LogP contribution is -2.40. The van der Waals surface area contributed by atoms with E-state index in [1.807, 2.05) is 37.1 Å². The Morgan fingerprint density at radius 2 is 2.15 bits per heavy atom. The van der Waals surface area contributed by atoms with Crippen LogP contribution in [0, 0.1) is 6.92 Å². The molecule has 1 N–H and O–H groups in total. The van der Waals surface area contributed by atoms with E-state index in [4.69, 9.17) is 4.74 Å². The van der Waals surface area contributed by atoms with Crippen molar-refractivity contribution in [1.29, 1.82) is 0 Å². The first-order valence-electron chi connectivity index (χ1n) is 7.13. The van der Waals surface area contributed by atoms with Gasteiger partial charge in [0.15, 0.2) is 0 Å². The van der Waals surface area contributed by atoms with Gasteiger partial charge < -0.3 is 15.0 Å². The van der Waals surface area contributed by atoms with E-state index in [2.05, 4.69) is 19.2 Å². The minimum Gasteiger partial charge on any atom is -0.388 e. The first-order chi connectivity index (χ1) is 9.54. The number of rotatable bonds is 7. The molecule has 20 heavy (non-hydrogen) atoms. The second-order valence-electron chi connectivity index (χ2n) is 5.03. The zero-order valence-electron chi connectivity index (χ0n) is 13.2. The number of benzene rings is 1. The highest BCUT2D eigenvalue weighted by atomic mass is 16.5. The molecule has 112 valence electrons. The van der Waals surface area contributed by atoms with Crippen LogP contribution in [0.5, 0.6) is 0 Å². The van der Waals surface area contributed by atoms with Gasteiger partial charge in [0.05, 0.1) is 6.61 Å². The van der Waals surface area contributed by atoms with Gasteiger partial charge in [0.2, 0.25) is 0 Å². The fraction of sp³-hybridized carbons (Fsp3) is 0.562. The van der Waals surface area contributed by atoms with E-state index in [0.717, 1.165) is 23.2 Å². The van der Waals surface area contributed by atoms with Gasteiger partial charge in [-0.25, -0.2) is 0 Å². The molecule has 1 aromatic rings. The van der Waals surface area contributed by atoms with Crippen molar-refractivity contribution in [2.24, 2.45) is 0 Å². The Morgan fingerprint density at radius 1 is 1.45 bits per heavy atom. The van der Waals surface area contributed by atoms with Crippen LogP contribution in [0.3, 0.4) is 0 Å². The van der Waals surface area contributed by atoms with Gasteiger partial charge in [0, 0.05) is 38.0 Å². The van der Waals surface area contributed by atoms with Crippen molar-refractivity contribution in [3.05, 3.63) is 29.3 Å². The summed E-state index contributed by atoms with van der Waals surface area (Å²) in [5, 5.41) is 3.09. The molecule has 0 spiro atoms. The maximum absolute atomic E-state index is 12.7. The Labute approximate surface area is 122 Å². The molecule has 0 saturated heterocycles. The molecular weight excluding hydrogens is 252 g/mol. The average molecular weight is 278 g/mol. The molecule has 4 heteroatoms. The smallest absolute Gasteiger partial charge is 0.254 e. The van der Waals surface area contributed by atoms with Gasteiger partial charge in [0.25, 0.3) is 5.91 Å². The van der Waals surface area contributed by atoms with Crippen LogP contribution < -0.4 is 5.32 Å². The molecular formula is C16H26N2O2. The van der Waals surface area contributed by atoms with Gasteiger partial charge in [-0.05, 0) is 44.0 Å². The van der Waals surface area contributed by atoms with E-state index in [1.165, 1.54) is 0 Å². The summed E-state index contributed by atoms with van der Waals surface area (Å²) >= 11 is 0. The molecule has 1 unspecified atom stereocenters. The Hall–Kier alpha value is -1.55. The van der Waals surface area contributed by atoms with E-state index in [9.17, 15) is 4.79 Å². The monoisotopic (exact) mass is 278 g/mol. The zero-order valence-corrected chi connectivity index (χ0v) is 13.2. The standard InChI is InChI=1S/C16H26N2O2/c1-6-13(3)18(9-10-20-5)16(19)15-8-7-14(17-4)11-12(15)2/h7-8,11,13,17H,6,9-10H2,1-5H3. The SMILES string of the molecule is CCC(C)N(CCOC)C(=O)c1ccc(NC)cc1C. The second kappa shape index (κ2) is 7.90. The molecule has 0 fully saturated rings. The maximum atomic E-state index is 12.7. The fourth-order valence-electron chi connectivity index (χ4n) is 2.15. The van der Waals surface area contributed by atoms with Crippen molar-refractivity contribution < 1.29 is 9.53 Å². The van der Waals surface area contributed by atoms with Crippen LogP contribution in [0.15, 0.2) is 18.2 Å². The topological polar surface area (TPSA) is 41.6 Å². The highest BCUT2D eigenvalue weighted by Gasteiger charge is 2.21. The average Bonchev–Trinajstić information content (AvgIpc) is 2.46. The molecule has 0 heterocycles. The van der Waals surface area contributed by atoms with Crippen LogP contribution in [0.1, 0.15) is 36.2 Å². The Kier molecular flexibility index (Phi) is 6.52. The molecule has 0 bridgehead atoms. The molecule has 1 aromatic carbocycles. The van der Waals surface area contributed by atoms with Crippen molar-refractivity contribution >= 4 is 11.6 Å². The number of hydrogen-bond donors (Lipinski definition) is 1. The molecule has 1 atom stereocenters. The number of amides is 1. The molecule has 0 radical (unpaired) electrons. The number of aryl methyl sites for hydroxylation is 1. The lowest BCUT2D eigenvalue weighted by atomic mass is 10.1. The van der Waals surface area contributed by atoms with E-state index in [-0.39, 0.29) is 11.9 Å². The fourth-order valence-corrected chi connectivity index (χ4v) is 2.15. The van der Waals surface area contributed by atoms with Crippen LogP contribution in [0.2, 0.25) is 0 Å². The maximum Gasteiger partial charge on any atom is 0.254 e. The number of nitrogens with one attached hydrogen (secondary N) is 1. The first-order valence-corrected chi connectivity index (χ1v) is 7.13. The summed E-state index contributed by atoms with van der Waals surface area (Å²) in [6, 6.07) is 6.04. The summed E-state index contributed by atoms with van der Waals surface area (Å²) in [4.78, 5) is 14.6. The van der Waals surface area contributed by atoms with Crippen molar-refractivity contribution in [1.82, 2.24) is 4.90 Å². The summed E-state index contributed by atoms with van der Waals surface area (Å²) in [5.41, 5.74) is 2.78. The van der Waals surface area contributed by atoms with Crippen molar-refractivity contribution in [2.75, 3.05) is 32.6 Å². The molecule has 4 nitrogen and oxygen atoms in total. The van der Waals surface area contributed by atoms with E-state index < -0.39 is 0 Å². The molecule has 1 rings (SSSR count). The summed E-state index contributed by atoms with van der Waals surface area (Å²) in [6.45, 7) is 7.32. The van der Waals surface area contributed by atoms with Gasteiger partial charge >= 0.3 is 0 Å². The number of hydrogen-bond acceptors (Lipinski definition) is 3. The number of ether oxygens (including phenoxy) is 1. The second-order valence-corrected chi connectivity index (χ2v) is 5.03. The minimum absolute atomic E-state index is 0.0801. The highest BCUT2D eigenvalue weighted by molar-refractivity contribution is 5.96. The van der Waals surface area contributed by atoms with Crippen LogP contribution >= 0.6 is 0 Å². The van der Waals surface area contributed by atoms with Gasteiger partial charge in [-0.2, -0.15) is 0 Å². The number of carbonyl (C=O) groups excluding carboxylic acids is 1. The van der Waals surface area contributed by atoms with Gasteiger partial charge in [-0.15, -0.1) is 0 Å². The highest BCUT2D eigenvalue weighted by Crippen LogP contribution is 2.18. The lowest BCUT2D eigenvalue weighted by molar-refractivity contribution is 0.0613.